The molecule has 1 fully saturated rings. The molecule has 0 radical (unpaired) electrons. The average Bonchev–Trinajstić information content (AvgIpc) is 2.94. The zero-order chi connectivity index (χ0) is 9.68. The molecule has 0 bridgehead atoms. The van der Waals surface area contributed by atoms with E-state index in [4.69, 9.17) is 4.74 Å². The fraction of sp³-hybridized carbons (Fsp3) is 0.900. The molecule has 0 amide bonds. The molecule has 1 atom stereocenters. The first-order chi connectivity index (χ1) is 6.25. The summed E-state index contributed by atoms with van der Waals surface area (Å²) < 4.78 is 5.13. The van der Waals surface area contributed by atoms with Gasteiger partial charge in [-0.25, -0.2) is 0 Å². The topological polar surface area (TPSA) is 29.3 Å². The van der Waals surface area contributed by atoms with Crippen molar-refractivity contribution < 1.29 is 9.53 Å². The molecule has 0 saturated carbocycles. The van der Waals surface area contributed by atoms with E-state index in [0.717, 1.165) is 25.9 Å². The van der Waals surface area contributed by atoms with Gasteiger partial charge in [-0.1, -0.05) is 19.8 Å². The summed E-state index contributed by atoms with van der Waals surface area (Å²) in [6.45, 7) is 6.73. The monoisotopic (exact) mass is 185 g/mol. The van der Waals surface area contributed by atoms with Gasteiger partial charge in [0.15, 0.2) is 0 Å². The first kappa shape index (κ1) is 10.5. The molecule has 0 aliphatic carbocycles. The number of unbranched alkanes of at least 4 members (excludes halogenated alkanes) is 2. The highest BCUT2D eigenvalue weighted by molar-refractivity contribution is 5.75. The normalized spacial score (nSPS) is 18.3. The molecule has 0 aromatic rings. The quantitative estimate of drug-likeness (QED) is 0.356. The van der Waals surface area contributed by atoms with Crippen molar-refractivity contribution in [2.24, 2.45) is 0 Å². The fourth-order valence-corrected chi connectivity index (χ4v) is 1.24. The van der Waals surface area contributed by atoms with Crippen LogP contribution in [-0.2, 0) is 9.53 Å². The van der Waals surface area contributed by atoms with Crippen LogP contribution < -0.4 is 0 Å². The van der Waals surface area contributed by atoms with E-state index in [0.29, 0.717) is 6.61 Å². The minimum absolute atomic E-state index is 0.0263. The fourth-order valence-electron chi connectivity index (χ4n) is 1.24. The summed E-state index contributed by atoms with van der Waals surface area (Å²) in [7, 11) is 0. The molecule has 13 heavy (non-hydrogen) atoms. The molecule has 1 rings (SSSR count). The highest BCUT2D eigenvalue weighted by Gasteiger charge is 2.29. The van der Waals surface area contributed by atoms with Crippen LogP contribution in [0.5, 0.6) is 0 Å². The Morgan fingerprint density at radius 2 is 2.15 bits per heavy atom. The number of hydrogen-bond acceptors (Lipinski definition) is 3. The number of esters is 1. The molecule has 3 nitrogen and oxygen atoms in total. The Kier molecular flexibility index (Phi) is 4.22. The van der Waals surface area contributed by atoms with E-state index in [1.165, 1.54) is 6.42 Å². The predicted octanol–water partition coefficient (Wildman–Crippen LogP) is 1.42. The Balaban J connectivity index is 2.02. The zero-order valence-corrected chi connectivity index (χ0v) is 8.58. The number of hydrogen-bond donors (Lipinski definition) is 0. The van der Waals surface area contributed by atoms with Gasteiger partial charge < -0.3 is 4.74 Å². The van der Waals surface area contributed by atoms with Crippen molar-refractivity contribution >= 4 is 5.97 Å². The molecular formula is C10H19NO2. The highest BCUT2D eigenvalue weighted by Crippen LogP contribution is 2.11. The molecule has 1 aliphatic heterocycles. The summed E-state index contributed by atoms with van der Waals surface area (Å²) in [5.74, 6) is -0.0615. The Labute approximate surface area is 80.1 Å². The Morgan fingerprint density at radius 1 is 1.46 bits per heavy atom. The summed E-state index contributed by atoms with van der Waals surface area (Å²) in [5, 5.41) is 0. The molecule has 0 spiro atoms. The molecule has 76 valence electrons. The number of carbonyl (C=O) groups is 1. The van der Waals surface area contributed by atoms with Crippen LogP contribution >= 0.6 is 0 Å². The lowest BCUT2D eigenvalue weighted by Crippen LogP contribution is -2.27. The molecule has 3 heteroatoms. The van der Waals surface area contributed by atoms with Crippen LogP contribution in [0.15, 0.2) is 0 Å². The van der Waals surface area contributed by atoms with Crippen LogP contribution in [0.25, 0.3) is 0 Å². The van der Waals surface area contributed by atoms with Gasteiger partial charge in [-0.2, -0.15) is 0 Å². The second kappa shape index (κ2) is 5.22. The van der Waals surface area contributed by atoms with E-state index < -0.39 is 0 Å². The third-order valence-electron chi connectivity index (χ3n) is 2.36. The van der Waals surface area contributed by atoms with Crippen molar-refractivity contribution in [1.29, 1.82) is 0 Å². The standard InChI is InChI=1S/C10H19NO2/c1-3-4-5-8-13-10(12)9(2)11-6-7-11/h9H,3-8H2,1-2H3. The number of carbonyl (C=O) groups excluding carboxylic acids is 1. The molecule has 1 saturated heterocycles. The van der Waals surface area contributed by atoms with Crippen molar-refractivity contribution in [2.75, 3.05) is 19.7 Å². The first-order valence-electron chi connectivity index (χ1n) is 5.16. The van der Waals surface area contributed by atoms with E-state index in [-0.39, 0.29) is 12.0 Å². The molecule has 0 N–H and O–H groups in total. The van der Waals surface area contributed by atoms with E-state index in [9.17, 15) is 4.79 Å². The summed E-state index contributed by atoms with van der Waals surface area (Å²) in [6, 6.07) is -0.0263. The lowest BCUT2D eigenvalue weighted by Gasteiger charge is -2.11. The minimum atomic E-state index is -0.0615. The minimum Gasteiger partial charge on any atom is -0.465 e. The number of nitrogens with zero attached hydrogens (tertiary/aromatic N) is 1. The Hall–Kier alpha value is -0.570. The van der Waals surface area contributed by atoms with Crippen molar-refractivity contribution in [3.05, 3.63) is 0 Å². The van der Waals surface area contributed by atoms with Crippen LogP contribution in [0, 0.1) is 0 Å². The molecule has 0 aromatic heterocycles. The van der Waals surface area contributed by atoms with Crippen LogP contribution in [0.2, 0.25) is 0 Å². The summed E-state index contributed by atoms with van der Waals surface area (Å²) in [6.07, 6.45) is 3.31. The lowest BCUT2D eigenvalue weighted by molar-refractivity contribution is -0.147. The highest BCUT2D eigenvalue weighted by atomic mass is 16.5. The largest absolute Gasteiger partial charge is 0.465 e. The molecular weight excluding hydrogens is 166 g/mol. The molecule has 1 aliphatic rings. The van der Waals surface area contributed by atoms with E-state index >= 15 is 0 Å². The number of ether oxygens (including phenoxy) is 1. The van der Waals surface area contributed by atoms with Crippen LogP contribution in [0.3, 0.4) is 0 Å². The van der Waals surface area contributed by atoms with Gasteiger partial charge in [0.05, 0.1) is 6.61 Å². The van der Waals surface area contributed by atoms with Crippen molar-refractivity contribution in [2.45, 2.75) is 39.2 Å². The molecule has 1 heterocycles. The Morgan fingerprint density at radius 3 is 2.69 bits per heavy atom. The predicted molar refractivity (Wildman–Crippen MR) is 51.5 cm³/mol. The smallest absolute Gasteiger partial charge is 0.323 e. The van der Waals surface area contributed by atoms with Gasteiger partial charge in [-0.15, -0.1) is 0 Å². The van der Waals surface area contributed by atoms with Gasteiger partial charge in [0.1, 0.15) is 6.04 Å². The van der Waals surface area contributed by atoms with Crippen LogP contribution in [0.4, 0.5) is 0 Å². The Bertz CT molecular complexity index is 166. The SMILES string of the molecule is CCCCCOC(=O)C(C)N1CC1. The van der Waals surface area contributed by atoms with E-state index in [1.54, 1.807) is 0 Å². The van der Waals surface area contributed by atoms with Crippen LogP contribution in [0.1, 0.15) is 33.1 Å². The first-order valence-corrected chi connectivity index (χ1v) is 5.16. The second-order valence-electron chi connectivity index (χ2n) is 3.59. The van der Waals surface area contributed by atoms with Gasteiger partial charge >= 0.3 is 5.97 Å². The van der Waals surface area contributed by atoms with Crippen molar-refractivity contribution in [3.63, 3.8) is 0 Å². The van der Waals surface area contributed by atoms with Gasteiger partial charge in [0.2, 0.25) is 0 Å². The lowest BCUT2D eigenvalue weighted by atomic mass is 10.3. The third kappa shape index (κ3) is 3.77. The molecule has 0 aromatic carbocycles. The van der Waals surface area contributed by atoms with Gasteiger partial charge in [-0.3, -0.25) is 9.69 Å². The van der Waals surface area contributed by atoms with E-state index in [2.05, 4.69) is 11.8 Å². The van der Waals surface area contributed by atoms with Crippen LogP contribution in [-0.4, -0.2) is 36.6 Å². The third-order valence-corrected chi connectivity index (χ3v) is 2.36. The maximum atomic E-state index is 11.3. The number of rotatable bonds is 6. The zero-order valence-electron chi connectivity index (χ0n) is 8.58. The molecule has 1 unspecified atom stereocenters. The maximum Gasteiger partial charge on any atom is 0.323 e. The maximum absolute atomic E-state index is 11.3. The average molecular weight is 185 g/mol. The van der Waals surface area contributed by atoms with Crippen molar-refractivity contribution in [3.8, 4) is 0 Å². The van der Waals surface area contributed by atoms with Crippen molar-refractivity contribution in [1.82, 2.24) is 4.90 Å². The summed E-state index contributed by atoms with van der Waals surface area (Å²) in [4.78, 5) is 13.4. The summed E-state index contributed by atoms with van der Waals surface area (Å²) in [5.41, 5.74) is 0. The van der Waals surface area contributed by atoms with Gasteiger partial charge in [0.25, 0.3) is 0 Å². The second-order valence-corrected chi connectivity index (χ2v) is 3.59. The van der Waals surface area contributed by atoms with Gasteiger partial charge in [0, 0.05) is 13.1 Å². The van der Waals surface area contributed by atoms with E-state index in [1.807, 2.05) is 6.92 Å². The van der Waals surface area contributed by atoms with Gasteiger partial charge in [-0.05, 0) is 13.3 Å². The summed E-state index contributed by atoms with van der Waals surface area (Å²) >= 11 is 0.